The first-order chi connectivity index (χ1) is 12.1. The summed E-state index contributed by atoms with van der Waals surface area (Å²) < 4.78 is 5.79. The number of thioether (sulfide) groups is 1. The van der Waals surface area contributed by atoms with E-state index in [9.17, 15) is 9.59 Å². The number of carboxylic acids is 1. The van der Waals surface area contributed by atoms with Gasteiger partial charge in [0.25, 0.3) is 5.91 Å². The molecule has 25 heavy (non-hydrogen) atoms. The van der Waals surface area contributed by atoms with Gasteiger partial charge in [0.05, 0.1) is 18.7 Å². The number of morpholine rings is 1. The number of hydrogen-bond donors (Lipinski definition) is 1. The third-order valence-electron chi connectivity index (χ3n) is 4.04. The summed E-state index contributed by atoms with van der Waals surface area (Å²) in [5.74, 6) is -0.972. The highest BCUT2D eigenvalue weighted by Gasteiger charge is 2.28. The molecule has 2 aromatic rings. The first-order valence-electron chi connectivity index (χ1n) is 7.97. The summed E-state index contributed by atoms with van der Waals surface area (Å²) in [7, 11) is 0. The zero-order chi connectivity index (χ0) is 17.8. The quantitative estimate of drug-likeness (QED) is 0.808. The number of amides is 1. The van der Waals surface area contributed by atoms with E-state index in [0.717, 1.165) is 5.56 Å². The molecular weight excluding hydrogens is 358 g/mol. The second-order valence-electron chi connectivity index (χ2n) is 5.76. The van der Waals surface area contributed by atoms with Gasteiger partial charge in [-0.05, 0) is 41.4 Å². The average Bonchev–Trinajstić information content (AvgIpc) is 3.16. The third-order valence-corrected chi connectivity index (χ3v) is 5.90. The molecule has 1 amide bonds. The van der Waals surface area contributed by atoms with Crippen molar-refractivity contribution in [3.8, 4) is 0 Å². The van der Waals surface area contributed by atoms with Crippen LogP contribution >= 0.6 is 23.1 Å². The molecule has 132 valence electrons. The highest BCUT2D eigenvalue weighted by atomic mass is 32.2. The molecule has 0 bridgehead atoms. The normalized spacial score (nSPS) is 18.8. The minimum Gasteiger partial charge on any atom is -0.480 e. The fourth-order valence-electron chi connectivity index (χ4n) is 2.65. The molecule has 1 saturated heterocycles. The maximum atomic E-state index is 13.0. The van der Waals surface area contributed by atoms with Crippen LogP contribution in [0.3, 0.4) is 0 Å². The first kappa shape index (κ1) is 18.0. The van der Waals surface area contributed by atoms with Crippen molar-refractivity contribution in [2.75, 3.05) is 19.7 Å². The van der Waals surface area contributed by atoms with Crippen LogP contribution in [0.1, 0.15) is 28.9 Å². The average molecular weight is 377 g/mol. The molecule has 0 spiro atoms. The van der Waals surface area contributed by atoms with Crippen molar-refractivity contribution in [1.29, 1.82) is 0 Å². The van der Waals surface area contributed by atoms with Crippen LogP contribution in [-0.2, 0) is 9.53 Å². The summed E-state index contributed by atoms with van der Waals surface area (Å²) in [6.45, 7) is 3.15. The van der Waals surface area contributed by atoms with Gasteiger partial charge in [-0.1, -0.05) is 12.1 Å². The number of carboxylic acid groups (broad SMARTS) is 1. The van der Waals surface area contributed by atoms with E-state index in [-0.39, 0.29) is 12.0 Å². The zero-order valence-corrected chi connectivity index (χ0v) is 15.4. The van der Waals surface area contributed by atoms with E-state index >= 15 is 0 Å². The van der Waals surface area contributed by atoms with E-state index in [0.29, 0.717) is 30.2 Å². The molecule has 3 rings (SSSR count). The molecule has 2 atom stereocenters. The van der Waals surface area contributed by atoms with Gasteiger partial charge in [0.2, 0.25) is 0 Å². The van der Waals surface area contributed by atoms with E-state index in [1.807, 2.05) is 22.9 Å². The Hall–Kier alpha value is -1.83. The lowest BCUT2D eigenvalue weighted by Crippen LogP contribution is -2.42. The Morgan fingerprint density at radius 1 is 1.36 bits per heavy atom. The van der Waals surface area contributed by atoms with Gasteiger partial charge in [0.1, 0.15) is 11.4 Å². The smallest absolute Gasteiger partial charge is 0.316 e. The lowest BCUT2D eigenvalue weighted by molar-refractivity contribution is -0.136. The van der Waals surface area contributed by atoms with E-state index < -0.39 is 11.2 Å². The van der Waals surface area contributed by atoms with Crippen molar-refractivity contribution in [2.24, 2.45) is 0 Å². The van der Waals surface area contributed by atoms with Crippen LogP contribution in [0.5, 0.6) is 0 Å². The van der Waals surface area contributed by atoms with Crippen molar-refractivity contribution in [3.63, 3.8) is 0 Å². The van der Waals surface area contributed by atoms with Crippen LogP contribution in [-0.4, -0.2) is 46.8 Å². The lowest BCUT2D eigenvalue weighted by atomic mass is 10.1. The predicted molar refractivity (Wildman–Crippen MR) is 98.3 cm³/mol. The Morgan fingerprint density at radius 2 is 2.16 bits per heavy atom. The molecule has 7 heteroatoms. The molecule has 1 aromatic heterocycles. The summed E-state index contributed by atoms with van der Waals surface area (Å²) in [5, 5.41) is 12.6. The number of carbonyl (C=O) groups is 2. The number of carbonyl (C=O) groups excluding carboxylic acids is 1. The molecule has 5 nitrogen and oxygen atoms in total. The molecule has 1 aromatic carbocycles. The fraction of sp³-hybridized carbons (Fsp3) is 0.333. The monoisotopic (exact) mass is 377 g/mol. The Morgan fingerprint density at radius 3 is 2.88 bits per heavy atom. The van der Waals surface area contributed by atoms with Crippen LogP contribution in [0.2, 0.25) is 0 Å². The summed E-state index contributed by atoms with van der Waals surface area (Å²) in [6.07, 6.45) is -0.110. The molecule has 2 unspecified atom stereocenters. The molecule has 1 aliphatic rings. The minimum absolute atomic E-state index is 0.0794. The summed E-state index contributed by atoms with van der Waals surface area (Å²) in [4.78, 5) is 26.6. The largest absolute Gasteiger partial charge is 0.480 e. The number of nitrogens with zero attached hydrogens (tertiary/aromatic N) is 1. The SMILES string of the molecule is CC(Sc1ccccc1C(=O)N1CCOC(c2ccsc2)C1)C(=O)O. The molecule has 1 fully saturated rings. The van der Waals surface area contributed by atoms with Gasteiger partial charge in [-0.25, -0.2) is 0 Å². The number of rotatable bonds is 5. The number of aliphatic carboxylic acids is 1. The number of hydrogen-bond acceptors (Lipinski definition) is 5. The fourth-order valence-corrected chi connectivity index (χ4v) is 4.27. The standard InChI is InChI=1S/C18H19NO4S2/c1-12(18(21)22)25-16-5-3-2-4-14(16)17(20)19-7-8-23-15(10-19)13-6-9-24-11-13/h2-6,9,11-12,15H,7-8,10H2,1H3,(H,21,22). The number of benzene rings is 1. The second-order valence-corrected chi connectivity index (χ2v) is 7.92. The molecule has 0 radical (unpaired) electrons. The summed E-state index contributed by atoms with van der Waals surface area (Å²) in [6, 6.07) is 9.20. The van der Waals surface area contributed by atoms with Crippen molar-refractivity contribution >= 4 is 35.0 Å². The summed E-state index contributed by atoms with van der Waals surface area (Å²) in [5.41, 5.74) is 1.64. The van der Waals surface area contributed by atoms with Crippen molar-refractivity contribution < 1.29 is 19.4 Å². The molecule has 0 saturated carbocycles. The van der Waals surface area contributed by atoms with Gasteiger partial charge in [-0.2, -0.15) is 11.3 Å². The van der Waals surface area contributed by atoms with E-state index in [1.54, 1.807) is 41.4 Å². The molecule has 2 heterocycles. The van der Waals surface area contributed by atoms with Gasteiger partial charge < -0.3 is 14.7 Å². The van der Waals surface area contributed by atoms with E-state index in [1.165, 1.54) is 11.8 Å². The molecule has 0 aliphatic carbocycles. The highest BCUT2D eigenvalue weighted by Crippen LogP contribution is 2.30. The van der Waals surface area contributed by atoms with Gasteiger partial charge >= 0.3 is 5.97 Å². The molecule has 1 N–H and O–H groups in total. The van der Waals surface area contributed by atoms with Gasteiger partial charge in [0, 0.05) is 11.4 Å². The first-order valence-corrected chi connectivity index (χ1v) is 9.80. The van der Waals surface area contributed by atoms with Crippen LogP contribution in [0.4, 0.5) is 0 Å². The maximum absolute atomic E-state index is 13.0. The third kappa shape index (κ3) is 4.23. The Labute approximate surface area is 154 Å². The van der Waals surface area contributed by atoms with Crippen LogP contribution in [0.25, 0.3) is 0 Å². The zero-order valence-electron chi connectivity index (χ0n) is 13.8. The molecule has 1 aliphatic heterocycles. The summed E-state index contributed by atoms with van der Waals surface area (Å²) >= 11 is 2.80. The van der Waals surface area contributed by atoms with Gasteiger partial charge in [0.15, 0.2) is 0 Å². The number of thiophene rings is 1. The van der Waals surface area contributed by atoms with E-state index in [4.69, 9.17) is 9.84 Å². The van der Waals surface area contributed by atoms with Crippen LogP contribution < -0.4 is 0 Å². The maximum Gasteiger partial charge on any atom is 0.316 e. The molecular formula is C18H19NO4S2. The van der Waals surface area contributed by atoms with Gasteiger partial charge in [-0.3, -0.25) is 9.59 Å². The topological polar surface area (TPSA) is 66.8 Å². The second kappa shape index (κ2) is 8.03. The predicted octanol–water partition coefficient (Wildman–Crippen LogP) is 3.53. The lowest BCUT2D eigenvalue weighted by Gasteiger charge is -2.33. The van der Waals surface area contributed by atoms with Crippen molar-refractivity contribution in [2.45, 2.75) is 23.2 Å². The Kier molecular flexibility index (Phi) is 5.78. The number of ether oxygens (including phenoxy) is 1. The van der Waals surface area contributed by atoms with Crippen LogP contribution in [0.15, 0.2) is 46.0 Å². The Balaban J connectivity index is 1.77. The Bertz CT molecular complexity index is 747. The van der Waals surface area contributed by atoms with E-state index in [2.05, 4.69) is 0 Å². The van der Waals surface area contributed by atoms with Crippen LogP contribution in [0, 0.1) is 0 Å². The van der Waals surface area contributed by atoms with Crippen molar-refractivity contribution in [1.82, 2.24) is 4.90 Å². The minimum atomic E-state index is -0.892. The van der Waals surface area contributed by atoms with Crippen molar-refractivity contribution in [3.05, 3.63) is 52.2 Å². The van der Waals surface area contributed by atoms with Gasteiger partial charge in [-0.15, -0.1) is 11.8 Å². The highest BCUT2D eigenvalue weighted by molar-refractivity contribution is 8.00.